The highest BCUT2D eigenvalue weighted by atomic mass is 16.2. The van der Waals surface area contributed by atoms with Crippen LogP contribution >= 0.6 is 0 Å². The highest BCUT2D eigenvalue weighted by Gasteiger charge is 2.47. The molecule has 0 radical (unpaired) electrons. The number of rotatable bonds is 3. The Hall–Kier alpha value is -2.34. The van der Waals surface area contributed by atoms with Crippen molar-refractivity contribution < 1.29 is 4.79 Å². The van der Waals surface area contributed by atoms with Crippen LogP contribution in [0.25, 0.3) is 11.3 Å². The van der Waals surface area contributed by atoms with Crippen LogP contribution in [0.3, 0.4) is 0 Å². The van der Waals surface area contributed by atoms with Crippen LogP contribution < -0.4 is 5.32 Å². The molecule has 1 N–H and O–H groups in total. The van der Waals surface area contributed by atoms with Gasteiger partial charge in [-0.2, -0.15) is 0 Å². The Kier molecular flexibility index (Phi) is 5.15. The summed E-state index contributed by atoms with van der Waals surface area (Å²) in [6.45, 7) is 10.8. The molecule has 0 saturated carbocycles. The van der Waals surface area contributed by atoms with Crippen molar-refractivity contribution >= 4 is 6.03 Å². The minimum atomic E-state index is -0.0748. The van der Waals surface area contributed by atoms with Gasteiger partial charge in [-0.15, -0.1) is 0 Å². The summed E-state index contributed by atoms with van der Waals surface area (Å²) >= 11 is 0. The van der Waals surface area contributed by atoms with Gasteiger partial charge < -0.3 is 14.8 Å². The number of benzene rings is 1. The first-order valence-corrected chi connectivity index (χ1v) is 10.5. The molecule has 3 heterocycles. The van der Waals surface area contributed by atoms with E-state index in [1.54, 1.807) is 0 Å². The van der Waals surface area contributed by atoms with Crippen molar-refractivity contribution in [1.29, 1.82) is 0 Å². The number of hydrogen-bond donors (Lipinski definition) is 1. The van der Waals surface area contributed by atoms with Crippen molar-refractivity contribution in [3.05, 3.63) is 42.4 Å². The average Bonchev–Trinajstić information content (AvgIpc) is 3.14. The number of imidazole rings is 1. The lowest BCUT2D eigenvalue weighted by Gasteiger charge is -2.50. The standard InChI is InChI=1S/C22H31N5O/c1-4-26-14-15-27-19(18-8-6-5-7-9-18)16-23-20(27)22(26)10-12-25(13-11-22)21(28)24-17(2)3/h5-9,16-17H,4,10-15H2,1-3H3,(H,24,28). The Morgan fingerprint density at radius 2 is 1.86 bits per heavy atom. The van der Waals surface area contributed by atoms with Gasteiger partial charge in [-0.25, -0.2) is 9.78 Å². The van der Waals surface area contributed by atoms with E-state index in [9.17, 15) is 4.79 Å². The maximum atomic E-state index is 12.4. The number of nitrogens with one attached hydrogen (secondary N) is 1. The van der Waals surface area contributed by atoms with Gasteiger partial charge in [-0.1, -0.05) is 37.3 Å². The van der Waals surface area contributed by atoms with Crippen molar-refractivity contribution in [3.63, 3.8) is 0 Å². The third-order valence-electron chi connectivity index (χ3n) is 6.21. The lowest BCUT2D eigenvalue weighted by atomic mass is 9.83. The molecule has 2 aliphatic rings. The van der Waals surface area contributed by atoms with Crippen LogP contribution in [-0.2, 0) is 12.1 Å². The summed E-state index contributed by atoms with van der Waals surface area (Å²) in [5, 5.41) is 3.03. The summed E-state index contributed by atoms with van der Waals surface area (Å²) in [5.41, 5.74) is 2.34. The predicted molar refractivity (Wildman–Crippen MR) is 111 cm³/mol. The van der Waals surface area contributed by atoms with E-state index in [1.165, 1.54) is 17.1 Å². The fourth-order valence-electron chi connectivity index (χ4n) is 4.81. The van der Waals surface area contributed by atoms with Gasteiger partial charge in [0, 0.05) is 32.2 Å². The Labute approximate surface area is 167 Å². The van der Waals surface area contributed by atoms with Crippen LogP contribution in [0.15, 0.2) is 36.5 Å². The van der Waals surface area contributed by atoms with Crippen LogP contribution in [0.1, 0.15) is 39.4 Å². The molecule has 1 spiro atoms. The number of piperidine rings is 1. The third-order valence-corrected chi connectivity index (χ3v) is 6.21. The molecule has 1 fully saturated rings. The van der Waals surface area contributed by atoms with E-state index in [4.69, 9.17) is 4.98 Å². The van der Waals surface area contributed by atoms with E-state index in [1.807, 2.05) is 24.9 Å². The van der Waals surface area contributed by atoms with Gasteiger partial charge in [0.1, 0.15) is 5.82 Å². The van der Waals surface area contributed by atoms with Crippen molar-refractivity contribution in [3.8, 4) is 11.3 Å². The highest BCUT2D eigenvalue weighted by molar-refractivity contribution is 5.74. The number of urea groups is 1. The molecule has 2 aromatic rings. The Balaban J connectivity index is 1.63. The maximum Gasteiger partial charge on any atom is 0.317 e. The Bertz CT molecular complexity index is 821. The quantitative estimate of drug-likeness (QED) is 0.888. The molecule has 1 aromatic carbocycles. The summed E-state index contributed by atoms with van der Waals surface area (Å²) in [6.07, 6.45) is 3.89. The van der Waals surface area contributed by atoms with Crippen LogP contribution in [0.4, 0.5) is 4.79 Å². The van der Waals surface area contributed by atoms with E-state index in [0.717, 1.165) is 45.6 Å². The monoisotopic (exact) mass is 381 g/mol. The zero-order valence-corrected chi connectivity index (χ0v) is 17.2. The average molecular weight is 382 g/mol. The van der Waals surface area contributed by atoms with E-state index >= 15 is 0 Å². The van der Waals surface area contributed by atoms with Gasteiger partial charge in [0.15, 0.2) is 0 Å². The number of carbonyl (C=O) groups is 1. The number of carbonyl (C=O) groups excluding carboxylic acids is 1. The Morgan fingerprint density at radius 3 is 2.50 bits per heavy atom. The molecule has 6 nitrogen and oxygen atoms in total. The van der Waals surface area contributed by atoms with Crippen LogP contribution in [0, 0.1) is 0 Å². The second-order valence-corrected chi connectivity index (χ2v) is 8.19. The second-order valence-electron chi connectivity index (χ2n) is 8.19. The first kappa shape index (κ1) is 19.0. The molecule has 2 aliphatic heterocycles. The fourth-order valence-corrected chi connectivity index (χ4v) is 4.81. The van der Waals surface area contributed by atoms with Gasteiger partial charge in [0.05, 0.1) is 17.4 Å². The normalized spacial score (nSPS) is 19.1. The summed E-state index contributed by atoms with van der Waals surface area (Å²) in [6, 6.07) is 10.7. The number of amides is 2. The largest absolute Gasteiger partial charge is 0.336 e. The fraction of sp³-hybridized carbons (Fsp3) is 0.545. The van der Waals surface area contributed by atoms with Gasteiger partial charge in [0.2, 0.25) is 0 Å². The van der Waals surface area contributed by atoms with Crippen molar-refractivity contribution in [1.82, 2.24) is 24.7 Å². The van der Waals surface area contributed by atoms with E-state index in [0.29, 0.717) is 0 Å². The smallest absolute Gasteiger partial charge is 0.317 e. The molecule has 0 unspecified atom stereocenters. The number of fused-ring (bicyclic) bond motifs is 2. The molecule has 0 atom stereocenters. The number of aromatic nitrogens is 2. The van der Waals surface area contributed by atoms with Crippen molar-refractivity contribution in [2.45, 2.75) is 51.7 Å². The topological polar surface area (TPSA) is 53.4 Å². The van der Waals surface area contributed by atoms with E-state index in [2.05, 4.69) is 52.0 Å². The van der Waals surface area contributed by atoms with Gasteiger partial charge in [-0.05, 0) is 38.8 Å². The minimum absolute atomic E-state index is 0.0528. The SMILES string of the molecule is CCN1CCn2c(-c3ccccc3)cnc2C12CCN(C(=O)NC(C)C)CC2. The molecular formula is C22H31N5O. The number of likely N-dealkylation sites (tertiary alicyclic amines) is 1. The molecular weight excluding hydrogens is 350 g/mol. The lowest BCUT2D eigenvalue weighted by molar-refractivity contribution is 0.00258. The molecule has 2 amide bonds. The summed E-state index contributed by atoms with van der Waals surface area (Å²) in [7, 11) is 0. The highest BCUT2D eigenvalue weighted by Crippen LogP contribution is 2.42. The van der Waals surface area contributed by atoms with E-state index in [-0.39, 0.29) is 17.6 Å². The summed E-state index contributed by atoms with van der Waals surface area (Å²) < 4.78 is 2.41. The molecule has 1 aromatic heterocycles. The lowest BCUT2D eigenvalue weighted by Crippen LogP contribution is -2.59. The van der Waals surface area contributed by atoms with Gasteiger partial charge in [-0.3, -0.25) is 4.90 Å². The maximum absolute atomic E-state index is 12.4. The molecule has 0 bridgehead atoms. The summed E-state index contributed by atoms with van der Waals surface area (Å²) in [5.74, 6) is 1.17. The number of hydrogen-bond acceptors (Lipinski definition) is 3. The molecule has 1 saturated heterocycles. The zero-order chi connectivity index (χ0) is 19.7. The molecule has 0 aliphatic carbocycles. The van der Waals surface area contributed by atoms with Crippen LogP contribution in [0.2, 0.25) is 0 Å². The van der Waals surface area contributed by atoms with Crippen LogP contribution in [0.5, 0.6) is 0 Å². The molecule has 150 valence electrons. The van der Waals surface area contributed by atoms with Gasteiger partial charge >= 0.3 is 6.03 Å². The van der Waals surface area contributed by atoms with Crippen molar-refractivity contribution in [2.75, 3.05) is 26.2 Å². The Morgan fingerprint density at radius 1 is 1.14 bits per heavy atom. The second kappa shape index (κ2) is 7.59. The molecule has 28 heavy (non-hydrogen) atoms. The molecule has 4 rings (SSSR count). The third kappa shape index (κ3) is 3.20. The van der Waals surface area contributed by atoms with Gasteiger partial charge in [0.25, 0.3) is 0 Å². The van der Waals surface area contributed by atoms with E-state index < -0.39 is 0 Å². The number of likely N-dealkylation sites (N-methyl/N-ethyl adjacent to an activating group) is 1. The van der Waals surface area contributed by atoms with Crippen LogP contribution in [-0.4, -0.2) is 57.6 Å². The zero-order valence-electron chi connectivity index (χ0n) is 17.2. The summed E-state index contributed by atoms with van der Waals surface area (Å²) in [4.78, 5) is 21.9. The first-order valence-electron chi connectivity index (χ1n) is 10.5. The minimum Gasteiger partial charge on any atom is -0.336 e. The number of nitrogens with zero attached hydrogens (tertiary/aromatic N) is 4. The molecule has 6 heteroatoms. The predicted octanol–water partition coefficient (Wildman–Crippen LogP) is 3.29. The van der Waals surface area contributed by atoms with Crippen molar-refractivity contribution in [2.24, 2.45) is 0 Å². The first-order chi connectivity index (χ1) is 13.5.